The van der Waals surface area contributed by atoms with Gasteiger partial charge >= 0.3 is 0 Å². The number of benzene rings is 2. The Morgan fingerprint density at radius 3 is 2.31 bits per heavy atom. The van der Waals surface area contributed by atoms with E-state index in [1.165, 1.54) is 17.3 Å². The standard InChI is InChI=1S/C19H15Cl2N3OS/c1-12-2-4-13(5-3-12)17-6-7-19(24-23-17)26-11-18(25)22-16-9-14(20)8-15(21)10-16/h2-10H,11H2,1H3,(H,22,25). The van der Waals surface area contributed by atoms with Gasteiger partial charge in [-0.3, -0.25) is 4.79 Å². The topological polar surface area (TPSA) is 54.9 Å². The Morgan fingerprint density at radius 1 is 1.00 bits per heavy atom. The molecule has 0 saturated heterocycles. The van der Waals surface area contributed by atoms with Crippen molar-refractivity contribution in [2.45, 2.75) is 11.9 Å². The summed E-state index contributed by atoms with van der Waals surface area (Å²) in [6.45, 7) is 2.04. The Kier molecular flexibility index (Phi) is 6.14. The van der Waals surface area contributed by atoms with Gasteiger partial charge in [0.1, 0.15) is 5.03 Å². The number of halogens is 2. The molecule has 0 fully saturated rings. The zero-order chi connectivity index (χ0) is 18.5. The average Bonchev–Trinajstić information content (AvgIpc) is 2.60. The summed E-state index contributed by atoms with van der Waals surface area (Å²) in [6.07, 6.45) is 0. The molecule has 0 aliphatic carbocycles. The summed E-state index contributed by atoms with van der Waals surface area (Å²) in [5, 5.41) is 12.8. The number of carbonyl (C=O) groups is 1. The van der Waals surface area contributed by atoms with Gasteiger partial charge in [0.25, 0.3) is 0 Å². The lowest BCUT2D eigenvalue weighted by molar-refractivity contribution is -0.113. The molecule has 0 unspecified atom stereocenters. The number of aryl methyl sites for hydroxylation is 1. The molecule has 7 heteroatoms. The summed E-state index contributed by atoms with van der Waals surface area (Å²) in [7, 11) is 0. The van der Waals surface area contributed by atoms with Gasteiger partial charge in [0.2, 0.25) is 5.91 Å². The van der Waals surface area contributed by atoms with Gasteiger partial charge in [0.05, 0.1) is 11.4 Å². The number of nitrogens with zero attached hydrogens (tertiary/aromatic N) is 2. The first-order valence-corrected chi connectivity index (χ1v) is 9.53. The maximum atomic E-state index is 12.1. The third kappa shape index (κ3) is 5.21. The maximum absolute atomic E-state index is 12.1. The quantitative estimate of drug-likeness (QED) is 0.572. The van der Waals surface area contributed by atoms with Crippen LogP contribution in [0.15, 0.2) is 59.6 Å². The van der Waals surface area contributed by atoms with E-state index in [1.807, 2.05) is 43.3 Å². The van der Waals surface area contributed by atoms with Gasteiger partial charge in [-0.25, -0.2) is 0 Å². The molecule has 0 atom stereocenters. The van der Waals surface area contributed by atoms with Crippen molar-refractivity contribution in [1.29, 1.82) is 0 Å². The second-order valence-electron chi connectivity index (χ2n) is 5.62. The number of aromatic nitrogens is 2. The van der Waals surface area contributed by atoms with Crippen LogP contribution in [0.25, 0.3) is 11.3 Å². The second-order valence-corrected chi connectivity index (χ2v) is 7.49. The first-order chi connectivity index (χ1) is 12.5. The molecule has 132 valence electrons. The molecule has 3 rings (SSSR count). The molecule has 0 spiro atoms. The van der Waals surface area contributed by atoms with Gasteiger partial charge < -0.3 is 5.32 Å². The lowest BCUT2D eigenvalue weighted by Crippen LogP contribution is -2.14. The molecule has 1 N–H and O–H groups in total. The molecule has 4 nitrogen and oxygen atoms in total. The van der Waals surface area contributed by atoms with E-state index in [1.54, 1.807) is 18.2 Å². The molecule has 1 heterocycles. The van der Waals surface area contributed by atoms with Crippen LogP contribution in [0.1, 0.15) is 5.56 Å². The molecule has 0 saturated carbocycles. The fourth-order valence-corrected chi connectivity index (χ4v) is 3.38. The summed E-state index contributed by atoms with van der Waals surface area (Å²) < 4.78 is 0. The summed E-state index contributed by atoms with van der Waals surface area (Å²) in [5.74, 6) is 0.0422. The number of thioether (sulfide) groups is 1. The second kappa shape index (κ2) is 8.54. The van der Waals surface area contributed by atoms with Crippen molar-refractivity contribution in [3.63, 3.8) is 0 Å². The van der Waals surface area contributed by atoms with E-state index in [4.69, 9.17) is 23.2 Å². The Bertz CT molecular complexity index is 895. The summed E-state index contributed by atoms with van der Waals surface area (Å²) in [4.78, 5) is 12.1. The van der Waals surface area contributed by atoms with E-state index in [9.17, 15) is 4.79 Å². The molecule has 0 aliphatic rings. The van der Waals surface area contributed by atoms with Gasteiger partial charge in [-0.15, -0.1) is 10.2 Å². The Balaban J connectivity index is 1.57. The van der Waals surface area contributed by atoms with E-state index in [-0.39, 0.29) is 11.7 Å². The number of amides is 1. The predicted molar refractivity (Wildman–Crippen MR) is 108 cm³/mol. The monoisotopic (exact) mass is 403 g/mol. The van der Waals surface area contributed by atoms with Gasteiger partial charge in [-0.2, -0.15) is 0 Å². The lowest BCUT2D eigenvalue weighted by Gasteiger charge is -2.06. The number of hydrogen-bond acceptors (Lipinski definition) is 4. The summed E-state index contributed by atoms with van der Waals surface area (Å²) >= 11 is 13.2. The summed E-state index contributed by atoms with van der Waals surface area (Å²) in [6, 6.07) is 16.7. The van der Waals surface area contributed by atoms with Crippen molar-refractivity contribution in [3.05, 3.63) is 70.2 Å². The highest BCUT2D eigenvalue weighted by Crippen LogP contribution is 2.23. The fourth-order valence-electron chi connectivity index (χ4n) is 2.24. The normalized spacial score (nSPS) is 10.6. The van der Waals surface area contributed by atoms with E-state index >= 15 is 0 Å². The highest BCUT2D eigenvalue weighted by atomic mass is 35.5. The number of carbonyl (C=O) groups excluding carboxylic acids is 1. The number of anilines is 1. The molecule has 1 amide bonds. The average molecular weight is 404 g/mol. The van der Waals surface area contributed by atoms with Crippen LogP contribution in [0.4, 0.5) is 5.69 Å². The summed E-state index contributed by atoms with van der Waals surface area (Å²) in [5.41, 5.74) is 3.57. The van der Waals surface area contributed by atoms with Crippen molar-refractivity contribution >= 4 is 46.6 Å². The van der Waals surface area contributed by atoms with Crippen LogP contribution in [0.3, 0.4) is 0 Å². The fraction of sp³-hybridized carbons (Fsp3) is 0.105. The van der Waals surface area contributed by atoms with Gasteiger partial charge in [-0.1, -0.05) is 64.8 Å². The molecule has 0 bridgehead atoms. The van der Waals surface area contributed by atoms with Crippen molar-refractivity contribution in [2.24, 2.45) is 0 Å². The van der Waals surface area contributed by atoms with Crippen LogP contribution in [0.5, 0.6) is 0 Å². The van der Waals surface area contributed by atoms with E-state index < -0.39 is 0 Å². The molecular formula is C19H15Cl2N3OS. The molecular weight excluding hydrogens is 389 g/mol. The molecule has 1 aromatic heterocycles. The maximum Gasteiger partial charge on any atom is 0.234 e. The number of hydrogen-bond donors (Lipinski definition) is 1. The van der Waals surface area contributed by atoms with Crippen LogP contribution < -0.4 is 5.32 Å². The highest BCUT2D eigenvalue weighted by Gasteiger charge is 2.07. The minimum absolute atomic E-state index is 0.169. The Labute approximate surface area is 165 Å². The van der Waals surface area contributed by atoms with Gasteiger partial charge in [0, 0.05) is 21.3 Å². The van der Waals surface area contributed by atoms with Crippen LogP contribution >= 0.6 is 35.0 Å². The van der Waals surface area contributed by atoms with Crippen molar-refractivity contribution in [2.75, 3.05) is 11.1 Å². The third-order valence-corrected chi connectivity index (χ3v) is 4.84. The number of rotatable bonds is 5. The smallest absolute Gasteiger partial charge is 0.234 e. The minimum atomic E-state index is -0.169. The van der Waals surface area contributed by atoms with Crippen molar-refractivity contribution < 1.29 is 4.79 Å². The SMILES string of the molecule is Cc1ccc(-c2ccc(SCC(=O)Nc3cc(Cl)cc(Cl)c3)nn2)cc1. The van der Waals surface area contributed by atoms with Crippen molar-refractivity contribution in [1.82, 2.24) is 10.2 Å². The lowest BCUT2D eigenvalue weighted by atomic mass is 10.1. The van der Waals surface area contributed by atoms with Crippen LogP contribution in [-0.4, -0.2) is 21.9 Å². The first kappa shape index (κ1) is 18.7. The van der Waals surface area contributed by atoms with Crippen LogP contribution in [0, 0.1) is 6.92 Å². The third-order valence-electron chi connectivity index (χ3n) is 3.48. The van der Waals surface area contributed by atoms with E-state index in [0.717, 1.165) is 11.3 Å². The zero-order valence-electron chi connectivity index (χ0n) is 13.9. The first-order valence-electron chi connectivity index (χ1n) is 7.79. The van der Waals surface area contributed by atoms with Crippen LogP contribution in [-0.2, 0) is 4.79 Å². The molecule has 0 radical (unpaired) electrons. The van der Waals surface area contributed by atoms with E-state index in [0.29, 0.717) is 20.8 Å². The minimum Gasteiger partial charge on any atom is -0.325 e. The predicted octanol–water partition coefficient (Wildman–Crippen LogP) is 5.49. The van der Waals surface area contributed by atoms with Gasteiger partial charge in [-0.05, 0) is 37.3 Å². The molecule has 26 heavy (non-hydrogen) atoms. The Hall–Kier alpha value is -2.08. The largest absolute Gasteiger partial charge is 0.325 e. The van der Waals surface area contributed by atoms with Crippen molar-refractivity contribution in [3.8, 4) is 11.3 Å². The highest BCUT2D eigenvalue weighted by molar-refractivity contribution is 7.99. The van der Waals surface area contributed by atoms with E-state index in [2.05, 4.69) is 15.5 Å². The Morgan fingerprint density at radius 2 is 1.69 bits per heavy atom. The molecule has 2 aromatic carbocycles. The van der Waals surface area contributed by atoms with Gasteiger partial charge in [0.15, 0.2) is 0 Å². The molecule has 0 aliphatic heterocycles. The number of nitrogens with one attached hydrogen (secondary N) is 1. The molecule has 3 aromatic rings. The van der Waals surface area contributed by atoms with Crippen LogP contribution in [0.2, 0.25) is 10.0 Å². The zero-order valence-corrected chi connectivity index (χ0v) is 16.2.